The number of hydrogen-bond donors (Lipinski definition) is 1. The minimum absolute atomic E-state index is 0.0219. The summed E-state index contributed by atoms with van der Waals surface area (Å²) in [5.74, 6) is 0. The molecule has 1 aliphatic heterocycles. The van der Waals surface area contributed by atoms with Gasteiger partial charge in [0.05, 0.1) is 22.5 Å². The van der Waals surface area contributed by atoms with Crippen molar-refractivity contribution in [3.8, 4) is 0 Å². The highest BCUT2D eigenvalue weighted by molar-refractivity contribution is 7.90. The summed E-state index contributed by atoms with van der Waals surface area (Å²) in [6.45, 7) is 1.78. The summed E-state index contributed by atoms with van der Waals surface area (Å²) >= 11 is 0. The Morgan fingerprint density at radius 3 is 2.78 bits per heavy atom. The molecule has 2 aromatic rings. The van der Waals surface area contributed by atoms with Crippen LogP contribution in [0.4, 0.5) is 0 Å². The minimum atomic E-state index is -3.86. The van der Waals surface area contributed by atoms with Crippen molar-refractivity contribution in [2.45, 2.75) is 29.9 Å². The monoisotopic (exact) mass is 360 g/mol. The van der Waals surface area contributed by atoms with Crippen molar-refractivity contribution in [3.05, 3.63) is 18.0 Å². The van der Waals surface area contributed by atoms with E-state index < -0.39 is 25.3 Å². The number of nitrogens with two attached hydrogens (primary N) is 1. The fraction of sp³-hybridized carbons (Fsp3) is 0.500. The van der Waals surface area contributed by atoms with E-state index in [2.05, 4.69) is 10.1 Å². The van der Waals surface area contributed by atoms with Gasteiger partial charge in [0, 0.05) is 13.1 Å². The topological polar surface area (TPSA) is 136 Å². The largest absolute Gasteiger partial charge is 0.336 e. The van der Waals surface area contributed by atoms with E-state index in [9.17, 15) is 16.8 Å². The molecule has 0 spiro atoms. The first-order valence-electron chi connectivity index (χ1n) is 6.93. The molecular weight excluding hydrogens is 344 g/mol. The number of aryl methyl sites for hydroxylation is 1. The van der Waals surface area contributed by atoms with Crippen molar-refractivity contribution >= 4 is 31.1 Å². The number of rotatable bonds is 3. The van der Waals surface area contributed by atoms with Crippen molar-refractivity contribution in [1.82, 2.24) is 14.4 Å². The molecule has 0 radical (unpaired) electrons. The zero-order chi connectivity index (χ0) is 16.8. The molecule has 0 saturated carbocycles. The Labute approximate surface area is 133 Å². The number of primary sulfonamides is 1. The normalized spacial score (nSPS) is 20.9. The van der Waals surface area contributed by atoms with Crippen LogP contribution >= 0.6 is 0 Å². The van der Waals surface area contributed by atoms with Gasteiger partial charge in [-0.25, -0.2) is 27.0 Å². The third-order valence-corrected chi connectivity index (χ3v) is 7.07. The first-order chi connectivity index (χ1) is 10.7. The lowest BCUT2D eigenvalue weighted by atomic mass is 10.2. The van der Waals surface area contributed by atoms with Gasteiger partial charge in [-0.15, -0.1) is 0 Å². The van der Waals surface area contributed by atoms with Gasteiger partial charge in [-0.05, 0) is 25.8 Å². The van der Waals surface area contributed by atoms with Gasteiger partial charge in [0.25, 0.3) is 5.71 Å². The molecule has 1 saturated heterocycles. The van der Waals surface area contributed by atoms with E-state index in [0.29, 0.717) is 23.9 Å². The molecule has 0 aromatic carbocycles. The fourth-order valence-electron chi connectivity index (χ4n) is 2.61. The lowest BCUT2D eigenvalue weighted by molar-refractivity contribution is 0.346. The highest BCUT2D eigenvalue weighted by Crippen LogP contribution is 2.25. The van der Waals surface area contributed by atoms with Crippen molar-refractivity contribution in [3.63, 3.8) is 0 Å². The Bertz CT molecular complexity index is 951. The number of piperidine rings is 1. The lowest BCUT2D eigenvalue weighted by Gasteiger charge is -2.30. The smallest absolute Gasteiger partial charge is 0.257 e. The number of hydrogen-bond acceptors (Lipinski definition) is 7. The van der Waals surface area contributed by atoms with Crippen LogP contribution in [-0.4, -0.2) is 49.6 Å². The van der Waals surface area contributed by atoms with Gasteiger partial charge >= 0.3 is 0 Å². The summed E-state index contributed by atoms with van der Waals surface area (Å²) < 4.78 is 54.6. The van der Waals surface area contributed by atoms with E-state index in [-0.39, 0.29) is 23.7 Å². The summed E-state index contributed by atoms with van der Waals surface area (Å²) in [5.41, 5.74) is 0.785. The SMILES string of the molecule is Cc1noc2ncc(S(=O)(=O)N3CCCC(S(N)(=O)=O)C3)cc12. The van der Waals surface area contributed by atoms with E-state index in [1.54, 1.807) is 6.92 Å². The van der Waals surface area contributed by atoms with Gasteiger partial charge in [-0.3, -0.25) is 0 Å². The van der Waals surface area contributed by atoms with Gasteiger partial charge in [0.15, 0.2) is 0 Å². The molecule has 0 bridgehead atoms. The molecule has 1 atom stereocenters. The lowest BCUT2D eigenvalue weighted by Crippen LogP contribution is -2.46. The number of sulfonamides is 2. The number of pyridine rings is 1. The highest BCUT2D eigenvalue weighted by Gasteiger charge is 2.35. The fourth-order valence-corrected chi connectivity index (χ4v) is 5.08. The van der Waals surface area contributed by atoms with Gasteiger partial charge in [0.2, 0.25) is 20.0 Å². The Hall–Kier alpha value is -1.56. The summed E-state index contributed by atoms with van der Waals surface area (Å²) in [4.78, 5) is 3.93. The zero-order valence-electron chi connectivity index (χ0n) is 12.3. The summed E-state index contributed by atoms with van der Waals surface area (Å²) in [5, 5.41) is 8.50. The maximum atomic E-state index is 12.7. The minimum Gasteiger partial charge on any atom is -0.336 e. The van der Waals surface area contributed by atoms with Crippen LogP contribution in [0, 0.1) is 6.92 Å². The van der Waals surface area contributed by atoms with Gasteiger partial charge in [-0.1, -0.05) is 5.16 Å². The van der Waals surface area contributed by atoms with E-state index in [4.69, 9.17) is 9.66 Å². The first kappa shape index (κ1) is 16.3. The van der Waals surface area contributed by atoms with Crippen molar-refractivity contribution < 1.29 is 21.4 Å². The molecule has 1 aliphatic rings. The third-order valence-electron chi connectivity index (χ3n) is 3.93. The summed E-state index contributed by atoms with van der Waals surface area (Å²) in [7, 11) is -7.64. The zero-order valence-corrected chi connectivity index (χ0v) is 14.0. The predicted molar refractivity (Wildman–Crippen MR) is 81.4 cm³/mol. The van der Waals surface area contributed by atoms with Gasteiger partial charge < -0.3 is 4.52 Å². The number of fused-ring (bicyclic) bond motifs is 1. The number of aromatic nitrogens is 2. The molecule has 3 rings (SSSR count). The second-order valence-corrected chi connectivity index (χ2v) is 9.29. The average molecular weight is 360 g/mol. The van der Waals surface area contributed by atoms with E-state index in [1.807, 2.05) is 0 Å². The van der Waals surface area contributed by atoms with Crippen LogP contribution < -0.4 is 5.14 Å². The molecule has 11 heteroatoms. The highest BCUT2D eigenvalue weighted by atomic mass is 32.2. The summed E-state index contributed by atoms with van der Waals surface area (Å²) in [6, 6.07) is 1.43. The van der Waals surface area contributed by atoms with Crippen LogP contribution in [0.3, 0.4) is 0 Å². The van der Waals surface area contributed by atoms with Crippen LogP contribution in [0.2, 0.25) is 0 Å². The molecule has 1 fully saturated rings. The van der Waals surface area contributed by atoms with Crippen molar-refractivity contribution in [2.24, 2.45) is 5.14 Å². The Morgan fingerprint density at radius 1 is 1.35 bits per heavy atom. The molecule has 0 aliphatic carbocycles. The van der Waals surface area contributed by atoms with Crippen LogP contribution in [0.15, 0.2) is 21.7 Å². The van der Waals surface area contributed by atoms with Gasteiger partial charge in [-0.2, -0.15) is 4.31 Å². The second kappa shape index (κ2) is 5.51. The molecule has 0 amide bonds. The molecule has 2 aromatic heterocycles. The van der Waals surface area contributed by atoms with Crippen LogP contribution in [-0.2, 0) is 20.0 Å². The maximum Gasteiger partial charge on any atom is 0.257 e. The first-order valence-corrected chi connectivity index (χ1v) is 9.98. The predicted octanol–water partition coefficient (Wildman–Crippen LogP) is -0.0272. The second-order valence-electron chi connectivity index (χ2n) is 5.51. The Balaban J connectivity index is 1.97. The van der Waals surface area contributed by atoms with E-state index in [0.717, 1.165) is 4.31 Å². The Morgan fingerprint density at radius 2 is 2.09 bits per heavy atom. The average Bonchev–Trinajstić information content (AvgIpc) is 2.87. The molecule has 3 heterocycles. The molecular formula is C12H16N4O5S2. The van der Waals surface area contributed by atoms with Crippen LogP contribution in [0.5, 0.6) is 0 Å². The van der Waals surface area contributed by atoms with Gasteiger partial charge in [0.1, 0.15) is 4.90 Å². The maximum absolute atomic E-state index is 12.7. The summed E-state index contributed by atoms with van der Waals surface area (Å²) in [6.07, 6.45) is 1.97. The quantitative estimate of drug-likeness (QED) is 0.811. The molecule has 23 heavy (non-hydrogen) atoms. The van der Waals surface area contributed by atoms with Crippen molar-refractivity contribution in [1.29, 1.82) is 0 Å². The molecule has 126 valence electrons. The van der Waals surface area contributed by atoms with Crippen LogP contribution in [0.25, 0.3) is 11.1 Å². The van der Waals surface area contributed by atoms with Crippen molar-refractivity contribution in [2.75, 3.05) is 13.1 Å². The van der Waals surface area contributed by atoms with E-state index >= 15 is 0 Å². The molecule has 1 unspecified atom stereocenters. The molecule has 2 N–H and O–H groups in total. The van der Waals surface area contributed by atoms with Crippen LogP contribution in [0.1, 0.15) is 18.5 Å². The van der Waals surface area contributed by atoms with E-state index in [1.165, 1.54) is 12.3 Å². The Kier molecular flexibility index (Phi) is 3.91. The third kappa shape index (κ3) is 2.96. The molecule has 9 nitrogen and oxygen atoms in total. The standard InChI is InChI=1S/C12H16N4O5S2/c1-8-11-5-10(6-14-12(11)21-15-8)23(19,20)16-4-2-3-9(7-16)22(13,17)18/h5-6,9H,2-4,7H2,1H3,(H2,13,17,18). The number of nitrogens with zero attached hydrogens (tertiary/aromatic N) is 3.